The number of ether oxygens (including phenoxy) is 2. The van der Waals surface area contributed by atoms with Gasteiger partial charge in [0.25, 0.3) is 0 Å². The molecule has 0 amide bonds. The largest absolute Gasteiger partial charge is 0.492 e. The van der Waals surface area contributed by atoms with E-state index < -0.39 is 6.10 Å². The molecule has 0 fully saturated rings. The van der Waals surface area contributed by atoms with Crippen molar-refractivity contribution in [2.75, 3.05) is 19.1 Å². The van der Waals surface area contributed by atoms with Crippen LogP contribution in [0.3, 0.4) is 0 Å². The molecule has 0 bridgehead atoms. The number of hydrogen-bond acceptors (Lipinski definition) is 6. The molecule has 2 aromatic carbocycles. The Hall–Kier alpha value is -1.15. The molecular formula is C25H30ClI2N3O4. The Morgan fingerprint density at radius 2 is 1.74 bits per heavy atom. The van der Waals surface area contributed by atoms with E-state index in [0.29, 0.717) is 33.5 Å². The summed E-state index contributed by atoms with van der Waals surface area (Å²) in [6.45, 7) is 7.15. The fourth-order valence-corrected chi connectivity index (χ4v) is 4.77. The summed E-state index contributed by atoms with van der Waals surface area (Å²) < 4.78 is 14.9. The Bertz CT molecular complexity index is 1110. The van der Waals surface area contributed by atoms with Gasteiger partial charge >= 0.3 is 0 Å². The van der Waals surface area contributed by atoms with Crippen LogP contribution in [0.4, 0.5) is 0 Å². The smallest absolute Gasteiger partial charge is 0.149 e. The Balaban J connectivity index is 1.61. The van der Waals surface area contributed by atoms with E-state index in [0.717, 1.165) is 14.9 Å². The highest BCUT2D eigenvalue weighted by Gasteiger charge is 2.24. The van der Waals surface area contributed by atoms with Crippen molar-refractivity contribution in [1.29, 1.82) is 0 Å². The third kappa shape index (κ3) is 7.43. The van der Waals surface area contributed by atoms with Crippen LogP contribution in [0.25, 0.3) is 0 Å². The van der Waals surface area contributed by atoms with Crippen LogP contribution in [-0.4, -0.2) is 50.4 Å². The molecule has 2 atom stereocenters. The normalized spacial score (nSPS) is 13.5. The quantitative estimate of drug-likeness (QED) is 0.202. The molecule has 10 heteroatoms. The van der Waals surface area contributed by atoms with Gasteiger partial charge in [0.2, 0.25) is 0 Å². The van der Waals surface area contributed by atoms with Crippen LogP contribution in [0, 0.1) is 13.2 Å². The minimum atomic E-state index is -0.788. The van der Waals surface area contributed by atoms with Gasteiger partial charge in [0, 0.05) is 17.2 Å². The summed E-state index contributed by atoms with van der Waals surface area (Å²) >= 11 is 10.2. The molecule has 2 N–H and O–H groups in total. The van der Waals surface area contributed by atoms with Crippen LogP contribution in [0.5, 0.6) is 11.5 Å². The fraction of sp³-hybridized carbons (Fsp3) is 0.440. The van der Waals surface area contributed by atoms with Gasteiger partial charge in [0.05, 0.1) is 29.0 Å². The van der Waals surface area contributed by atoms with E-state index in [9.17, 15) is 10.2 Å². The minimum absolute atomic E-state index is 0.103. The molecule has 7 nitrogen and oxygen atoms in total. The molecule has 3 aromatic rings. The van der Waals surface area contributed by atoms with Crippen LogP contribution in [0.15, 0.2) is 42.5 Å². The molecule has 190 valence electrons. The minimum Gasteiger partial charge on any atom is -0.492 e. The summed E-state index contributed by atoms with van der Waals surface area (Å²) in [6.07, 6.45) is -0.788. The van der Waals surface area contributed by atoms with Crippen molar-refractivity contribution in [3.63, 3.8) is 0 Å². The van der Waals surface area contributed by atoms with Gasteiger partial charge in [-0.1, -0.05) is 44.2 Å². The Morgan fingerprint density at radius 1 is 1.06 bits per heavy atom. The maximum atomic E-state index is 10.3. The number of alkyl halides is 1. The van der Waals surface area contributed by atoms with E-state index in [1.54, 1.807) is 0 Å². The highest BCUT2D eigenvalue weighted by atomic mass is 127. The highest BCUT2D eigenvalue weighted by molar-refractivity contribution is 14.1. The first-order valence-corrected chi connectivity index (χ1v) is 13.9. The van der Waals surface area contributed by atoms with E-state index in [-0.39, 0.29) is 25.2 Å². The number of aliphatic hydroxyl groups excluding tert-OH is 2. The molecule has 0 saturated carbocycles. The summed E-state index contributed by atoms with van der Waals surface area (Å²) in [5, 5.41) is 27.7. The number of benzene rings is 2. The predicted octanol–water partition coefficient (Wildman–Crippen LogP) is 5.00. The van der Waals surface area contributed by atoms with Crippen LogP contribution >= 0.6 is 56.8 Å². The topological polar surface area (TPSA) is 89.6 Å². The zero-order valence-electron chi connectivity index (χ0n) is 19.9. The fourth-order valence-electron chi connectivity index (χ4n) is 3.47. The van der Waals surface area contributed by atoms with Crippen LogP contribution in [-0.2, 0) is 18.6 Å². The Labute approximate surface area is 238 Å². The van der Waals surface area contributed by atoms with Crippen LogP contribution in [0.1, 0.15) is 37.6 Å². The SMILES string of the molecule is C[C@H](CCl)COc1ccc(C(C)(C)c2ccc(OC[C@H](O)Cn3nnc(I)c3CO)cc2)cc1I. The first-order valence-electron chi connectivity index (χ1n) is 11.2. The van der Waals surface area contributed by atoms with E-state index in [1.807, 2.05) is 52.9 Å². The van der Waals surface area contributed by atoms with Gasteiger partial charge in [0.1, 0.15) is 27.9 Å². The molecule has 0 aliphatic heterocycles. The zero-order chi connectivity index (χ0) is 25.6. The maximum Gasteiger partial charge on any atom is 0.149 e. The predicted molar refractivity (Wildman–Crippen MR) is 153 cm³/mol. The zero-order valence-corrected chi connectivity index (χ0v) is 25.0. The van der Waals surface area contributed by atoms with Crippen molar-refractivity contribution in [1.82, 2.24) is 15.0 Å². The van der Waals surface area contributed by atoms with Crippen molar-refractivity contribution in [3.8, 4) is 11.5 Å². The average Bonchev–Trinajstić information content (AvgIpc) is 3.20. The summed E-state index contributed by atoms with van der Waals surface area (Å²) in [6, 6.07) is 14.2. The van der Waals surface area contributed by atoms with E-state index in [2.05, 4.69) is 65.8 Å². The standard InChI is InChI=1S/C25H30ClI2N3O4/c1-16(11-26)14-35-23-9-6-18(10-21(23)27)25(2,3)17-4-7-20(8-5-17)34-15-19(33)12-31-22(13-32)24(28)29-30-31/h4-10,16,19,32-33H,11-15H2,1-3H3/t16-,19-/m1/s1. The van der Waals surface area contributed by atoms with Gasteiger partial charge in [-0.3, -0.25) is 0 Å². The summed E-state index contributed by atoms with van der Waals surface area (Å²) in [5.74, 6) is 2.42. The molecule has 0 radical (unpaired) electrons. The lowest BCUT2D eigenvalue weighted by atomic mass is 9.78. The molecule has 1 aromatic heterocycles. The molecule has 0 spiro atoms. The van der Waals surface area contributed by atoms with Gasteiger partial charge in [0.15, 0.2) is 0 Å². The lowest BCUT2D eigenvalue weighted by Crippen LogP contribution is -2.25. The van der Waals surface area contributed by atoms with Gasteiger partial charge in [-0.15, -0.1) is 16.7 Å². The van der Waals surface area contributed by atoms with Gasteiger partial charge in [-0.2, -0.15) is 0 Å². The van der Waals surface area contributed by atoms with E-state index in [4.69, 9.17) is 21.1 Å². The monoisotopic (exact) mass is 725 g/mol. The number of hydrogen-bond donors (Lipinski definition) is 2. The van der Waals surface area contributed by atoms with Gasteiger partial charge in [-0.25, -0.2) is 4.68 Å². The highest BCUT2D eigenvalue weighted by Crippen LogP contribution is 2.35. The molecule has 0 saturated heterocycles. The second-order valence-corrected chi connectivity index (χ2v) is 11.5. The lowest BCUT2D eigenvalue weighted by molar-refractivity contribution is 0.0866. The van der Waals surface area contributed by atoms with E-state index in [1.165, 1.54) is 10.2 Å². The van der Waals surface area contributed by atoms with Crippen molar-refractivity contribution in [2.45, 2.75) is 45.4 Å². The first kappa shape index (κ1) is 28.4. The average molecular weight is 726 g/mol. The third-order valence-electron chi connectivity index (χ3n) is 5.78. The van der Waals surface area contributed by atoms with Crippen molar-refractivity contribution in [3.05, 3.63) is 66.6 Å². The number of aliphatic hydroxyl groups is 2. The molecule has 1 heterocycles. The summed E-state index contributed by atoms with van der Waals surface area (Å²) in [5.41, 5.74) is 2.70. The van der Waals surface area contributed by atoms with Crippen LogP contribution < -0.4 is 9.47 Å². The number of nitrogens with zero attached hydrogens (tertiary/aromatic N) is 3. The second kappa shape index (κ2) is 12.9. The molecule has 0 aliphatic rings. The van der Waals surface area contributed by atoms with Crippen molar-refractivity contribution < 1.29 is 19.7 Å². The third-order valence-corrected chi connectivity index (χ3v) is 7.99. The molecule has 0 aliphatic carbocycles. The Morgan fingerprint density at radius 3 is 2.37 bits per heavy atom. The molecule has 3 rings (SSSR count). The molecular weight excluding hydrogens is 696 g/mol. The molecule has 0 unspecified atom stereocenters. The van der Waals surface area contributed by atoms with Crippen molar-refractivity contribution >= 4 is 56.8 Å². The van der Waals surface area contributed by atoms with Gasteiger partial charge in [-0.05, 0) is 80.6 Å². The lowest BCUT2D eigenvalue weighted by Gasteiger charge is -2.27. The summed E-state index contributed by atoms with van der Waals surface area (Å²) in [7, 11) is 0. The maximum absolute atomic E-state index is 10.3. The van der Waals surface area contributed by atoms with Crippen molar-refractivity contribution in [2.24, 2.45) is 5.92 Å². The summed E-state index contributed by atoms with van der Waals surface area (Å²) in [4.78, 5) is 0. The van der Waals surface area contributed by atoms with Crippen LogP contribution in [0.2, 0.25) is 0 Å². The second-order valence-electron chi connectivity index (χ2n) is 9.00. The first-order chi connectivity index (χ1) is 16.6. The number of aromatic nitrogens is 3. The van der Waals surface area contributed by atoms with Gasteiger partial charge < -0.3 is 19.7 Å². The molecule has 35 heavy (non-hydrogen) atoms. The number of halogens is 3. The Kier molecular flexibility index (Phi) is 10.5. The van der Waals surface area contributed by atoms with E-state index >= 15 is 0 Å². The number of rotatable bonds is 12.